The second kappa shape index (κ2) is 10.4. The Morgan fingerprint density at radius 3 is 2.29 bits per heavy atom. The van der Waals surface area contributed by atoms with Crippen LogP contribution in [0.1, 0.15) is 44.6 Å². The number of piperazine rings is 1. The number of fused-ring (bicyclic) bond motifs is 2. The Balaban J connectivity index is 1.43. The highest BCUT2D eigenvalue weighted by molar-refractivity contribution is 7.91. The summed E-state index contributed by atoms with van der Waals surface area (Å²) in [6.07, 6.45) is -0.670. The van der Waals surface area contributed by atoms with Crippen molar-refractivity contribution in [1.82, 2.24) is 9.21 Å². The average Bonchev–Trinajstić information content (AvgIpc) is 3.40. The third-order valence-electron chi connectivity index (χ3n) is 8.37. The van der Waals surface area contributed by atoms with Gasteiger partial charge in [-0.3, -0.25) is 4.90 Å². The smallest absolute Gasteiger partial charge is 0.393 e. The second-order valence-corrected chi connectivity index (χ2v) is 13.9. The number of anilines is 1. The van der Waals surface area contributed by atoms with Crippen molar-refractivity contribution in [3.8, 4) is 0 Å². The standard InChI is InChI=1S/C26H34F3N3O4S2/c1-25(34,26(27,28)29)18-7-9-19(10-8-18)31-12-11-30(38(35,36)24-6-3-13-37-24)16-22(31)17-32-20-4-2-5-21(32)15-23(33)14-20/h3,6-10,13,20-23,33-34H,2,4-5,11-12,14-17H2,1H3. The number of halogens is 3. The van der Waals surface area contributed by atoms with E-state index in [0.29, 0.717) is 35.8 Å². The fourth-order valence-electron chi connectivity index (χ4n) is 6.21. The topological polar surface area (TPSA) is 84.3 Å². The SMILES string of the molecule is CC(O)(c1ccc(N2CCN(S(=O)(=O)c3cccs3)CC2CN2C3CCCC2CC(O)C3)cc1)C(F)(F)F. The molecule has 0 aliphatic carbocycles. The third kappa shape index (κ3) is 5.23. The molecule has 4 unspecified atom stereocenters. The summed E-state index contributed by atoms with van der Waals surface area (Å²) >= 11 is 1.18. The van der Waals surface area contributed by atoms with Crippen LogP contribution in [0.5, 0.6) is 0 Å². The normalized spacial score (nSPS) is 29.3. The molecule has 3 saturated heterocycles. The quantitative estimate of drug-likeness (QED) is 0.548. The minimum absolute atomic E-state index is 0.230. The number of aliphatic hydroxyl groups excluding tert-OH is 1. The van der Waals surface area contributed by atoms with Crippen molar-refractivity contribution < 1.29 is 31.8 Å². The van der Waals surface area contributed by atoms with Gasteiger partial charge in [0.1, 0.15) is 4.21 Å². The predicted molar refractivity (Wildman–Crippen MR) is 140 cm³/mol. The minimum Gasteiger partial charge on any atom is -0.393 e. The molecule has 2 bridgehead atoms. The average molecular weight is 574 g/mol. The molecule has 3 aliphatic heterocycles. The van der Waals surface area contributed by atoms with Crippen LogP contribution in [0.4, 0.5) is 18.9 Å². The molecule has 0 spiro atoms. The van der Waals surface area contributed by atoms with Gasteiger partial charge in [0.15, 0.2) is 5.60 Å². The van der Waals surface area contributed by atoms with Crippen LogP contribution in [-0.4, -0.2) is 84.4 Å². The van der Waals surface area contributed by atoms with Crippen molar-refractivity contribution in [1.29, 1.82) is 0 Å². The first-order valence-corrected chi connectivity index (χ1v) is 15.3. The third-order valence-corrected chi connectivity index (χ3v) is 11.6. The predicted octanol–water partition coefficient (Wildman–Crippen LogP) is 3.78. The number of nitrogens with zero attached hydrogens (tertiary/aromatic N) is 3. The molecule has 5 rings (SSSR count). The zero-order valence-electron chi connectivity index (χ0n) is 21.2. The van der Waals surface area contributed by atoms with E-state index >= 15 is 0 Å². The van der Waals surface area contributed by atoms with E-state index in [-0.39, 0.29) is 42.9 Å². The molecule has 0 radical (unpaired) electrons. The number of alkyl halides is 3. The molecular weight excluding hydrogens is 539 g/mol. The Hall–Kier alpha value is -1.70. The molecule has 12 heteroatoms. The number of piperidine rings is 2. The summed E-state index contributed by atoms with van der Waals surface area (Å²) in [5, 5.41) is 22.2. The van der Waals surface area contributed by atoms with E-state index in [1.807, 2.05) is 0 Å². The Morgan fingerprint density at radius 1 is 1.05 bits per heavy atom. The van der Waals surface area contributed by atoms with E-state index in [4.69, 9.17) is 0 Å². The van der Waals surface area contributed by atoms with E-state index < -0.39 is 21.8 Å². The summed E-state index contributed by atoms with van der Waals surface area (Å²) in [4.78, 5) is 4.49. The number of thiophene rings is 1. The largest absolute Gasteiger partial charge is 0.421 e. The van der Waals surface area contributed by atoms with Crippen molar-refractivity contribution in [3.05, 3.63) is 47.3 Å². The van der Waals surface area contributed by atoms with Crippen molar-refractivity contribution in [2.75, 3.05) is 31.1 Å². The first kappa shape index (κ1) is 27.9. The van der Waals surface area contributed by atoms with E-state index in [0.717, 1.165) is 26.2 Å². The molecule has 4 heterocycles. The zero-order valence-corrected chi connectivity index (χ0v) is 22.9. The van der Waals surface area contributed by atoms with E-state index in [1.165, 1.54) is 27.8 Å². The molecule has 210 valence electrons. The van der Waals surface area contributed by atoms with Gasteiger partial charge in [-0.05, 0) is 61.7 Å². The lowest BCUT2D eigenvalue weighted by atomic mass is 9.82. The maximum absolute atomic E-state index is 13.4. The monoisotopic (exact) mass is 573 g/mol. The highest BCUT2D eigenvalue weighted by atomic mass is 32.2. The lowest BCUT2D eigenvalue weighted by molar-refractivity contribution is -0.258. The first-order chi connectivity index (χ1) is 17.9. The van der Waals surface area contributed by atoms with E-state index in [9.17, 15) is 31.8 Å². The summed E-state index contributed by atoms with van der Waals surface area (Å²) in [6.45, 7) is 2.23. The summed E-state index contributed by atoms with van der Waals surface area (Å²) in [6, 6.07) is 9.28. The summed E-state index contributed by atoms with van der Waals surface area (Å²) in [5.74, 6) is 0. The van der Waals surface area contributed by atoms with Gasteiger partial charge in [-0.2, -0.15) is 17.5 Å². The van der Waals surface area contributed by atoms with Gasteiger partial charge in [0.2, 0.25) is 0 Å². The molecule has 2 aromatic rings. The zero-order chi connectivity index (χ0) is 27.3. The van der Waals surface area contributed by atoms with Gasteiger partial charge in [0.25, 0.3) is 10.0 Å². The van der Waals surface area contributed by atoms with Crippen molar-refractivity contribution in [2.24, 2.45) is 0 Å². The number of aliphatic hydroxyl groups is 2. The Kier molecular flexibility index (Phi) is 7.60. The van der Waals surface area contributed by atoms with Crippen molar-refractivity contribution in [3.63, 3.8) is 0 Å². The molecular formula is C26H34F3N3O4S2. The first-order valence-electron chi connectivity index (χ1n) is 13.0. The summed E-state index contributed by atoms with van der Waals surface area (Å²) in [5.41, 5.74) is -2.53. The summed E-state index contributed by atoms with van der Waals surface area (Å²) in [7, 11) is -3.66. The van der Waals surface area contributed by atoms with Gasteiger partial charge in [-0.1, -0.05) is 24.6 Å². The van der Waals surface area contributed by atoms with Gasteiger partial charge in [-0.15, -0.1) is 11.3 Å². The molecule has 2 N–H and O–H groups in total. The molecule has 1 aromatic carbocycles. The molecule has 4 atom stereocenters. The van der Waals surface area contributed by atoms with Crippen LogP contribution < -0.4 is 4.90 Å². The van der Waals surface area contributed by atoms with E-state index in [2.05, 4.69) is 9.80 Å². The van der Waals surface area contributed by atoms with Crippen LogP contribution in [0.2, 0.25) is 0 Å². The Bertz CT molecular complexity index is 1190. The van der Waals surface area contributed by atoms with Crippen molar-refractivity contribution >= 4 is 27.0 Å². The molecule has 3 fully saturated rings. The Morgan fingerprint density at radius 2 is 1.71 bits per heavy atom. The number of benzene rings is 1. The van der Waals surface area contributed by atoms with Gasteiger partial charge in [-0.25, -0.2) is 8.42 Å². The van der Waals surface area contributed by atoms with Crippen molar-refractivity contribution in [2.45, 2.75) is 79.2 Å². The highest BCUT2D eigenvalue weighted by Crippen LogP contribution is 2.40. The lowest BCUT2D eigenvalue weighted by Gasteiger charge is -2.51. The Labute approximate surface area is 225 Å². The van der Waals surface area contributed by atoms with Crippen LogP contribution in [0.15, 0.2) is 46.0 Å². The van der Waals surface area contributed by atoms with Gasteiger partial charge in [0, 0.05) is 44.0 Å². The minimum atomic E-state index is -4.81. The van der Waals surface area contributed by atoms with Gasteiger partial charge < -0.3 is 15.1 Å². The second-order valence-electron chi connectivity index (χ2n) is 10.8. The molecule has 38 heavy (non-hydrogen) atoms. The highest BCUT2D eigenvalue weighted by Gasteiger charge is 2.51. The van der Waals surface area contributed by atoms with Crippen LogP contribution >= 0.6 is 11.3 Å². The molecule has 7 nitrogen and oxygen atoms in total. The number of sulfonamides is 1. The number of hydrogen-bond donors (Lipinski definition) is 2. The van der Waals surface area contributed by atoms with Gasteiger partial charge in [0.05, 0.1) is 12.1 Å². The lowest BCUT2D eigenvalue weighted by Crippen LogP contribution is -2.62. The van der Waals surface area contributed by atoms with E-state index in [1.54, 1.807) is 29.6 Å². The van der Waals surface area contributed by atoms with Crippen LogP contribution in [0.3, 0.4) is 0 Å². The maximum Gasteiger partial charge on any atom is 0.421 e. The number of hydrogen-bond acceptors (Lipinski definition) is 7. The fourth-order valence-corrected chi connectivity index (χ4v) is 8.82. The molecule has 0 saturated carbocycles. The molecule has 0 amide bonds. The van der Waals surface area contributed by atoms with Gasteiger partial charge >= 0.3 is 6.18 Å². The number of rotatable bonds is 6. The molecule has 3 aliphatic rings. The van der Waals surface area contributed by atoms with Crippen LogP contribution in [-0.2, 0) is 15.6 Å². The maximum atomic E-state index is 13.4. The summed E-state index contributed by atoms with van der Waals surface area (Å²) < 4.78 is 68.6. The van der Waals surface area contributed by atoms with Crippen LogP contribution in [0.25, 0.3) is 0 Å². The van der Waals surface area contributed by atoms with Crippen LogP contribution in [0, 0.1) is 0 Å². The molecule has 1 aromatic heterocycles. The fraction of sp³-hybridized carbons (Fsp3) is 0.615.